The van der Waals surface area contributed by atoms with Gasteiger partial charge in [0.25, 0.3) is 0 Å². The number of nitrogens with zero attached hydrogens (tertiary/aromatic N) is 2. The second-order valence-electron chi connectivity index (χ2n) is 24.5. The molecule has 4 aliphatic rings. The number of quaternary nitrogens is 1. The molecule has 0 spiro atoms. The number of ether oxygens (including phenoxy) is 5. The van der Waals surface area contributed by atoms with E-state index >= 15 is 0 Å². The molecule has 3 aromatic carbocycles. The molecule has 83 heavy (non-hydrogen) atoms. The first-order valence-electron chi connectivity index (χ1n) is 29.5. The number of aliphatic hydroxyl groups excluding tert-OH is 2. The number of epoxide rings is 1. The first-order valence-corrected chi connectivity index (χ1v) is 29.5. The fourth-order valence-corrected chi connectivity index (χ4v) is 11.5. The normalized spacial score (nSPS) is 26.3. The van der Waals surface area contributed by atoms with E-state index in [1.165, 1.54) is 7.11 Å². The minimum atomic E-state index is -1.20. The number of hydrogen-bond donors (Lipinski definition) is 6. The van der Waals surface area contributed by atoms with E-state index in [0.29, 0.717) is 61.3 Å². The number of benzene rings is 3. The standard InChI is InChI=1S/C65H89N5O13/c1-12-53(72)43(6)59-54(81-59)37-64(8,78)30-17-18-41(4)58-42(5)23-28-55(65(9,79-11)31-29-47(71)36-56(73)83-58)82-63(77)69-32-34-70(10,35-33-69)38-45-24-26-46(27-25-45)67-60(74)44(7)66-61(75)57(40(2)3)68-62(76)80-39-52-50-21-15-13-19-48(50)49-20-14-16-22-51(49)52/h13-28,30,40,42-44,47,52-55,57-59,71-72,78H,12,29,31-39H2,1-11H3,(H2-,66,67,68,74,75,76)/p+1/b28-23-,30-17+,41-18+/t42-,43+,44-,47+,53-,54-,55-,57-,58+,59-,64-,65+/m0/s1. The maximum atomic E-state index is 14.1. The maximum absolute atomic E-state index is 14.1. The van der Waals surface area contributed by atoms with E-state index in [4.69, 9.17) is 23.7 Å². The Balaban J connectivity index is 0.892. The molecule has 1 aliphatic carbocycles. The SMILES string of the molecule is CC[C@H](O)[C@@H](C)[C@@H]1O[C@H]1C[C@@](C)(O)/C=C/C=C(\C)[C@H]1OC(=O)C[C@H](O)CC[C@@](C)(OC)[C@@H](OC(=O)N2CC[N+](C)(Cc3ccc(NC(=O)[C@H](C)NC(=O)[C@@H](NC(=O)OCC4c5ccccc5-c5ccccc54)C(C)C)cc3)CC2)/C=C\[C@@H]1C. The van der Waals surface area contributed by atoms with Crippen molar-refractivity contribution in [2.75, 3.05) is 52.3 Å². The minimum Gasteiger partial charge on any atom is -0.457 e. The van der Waals surface area contributed by atoms with Crippen molar-refractivity contribution in [1.82, 2.24) is 15.5 Å². The summed E-state index contributed by atoms with van der Waals surface area (Å²) < 4.78 is 30.5. The van der Waals surface area contributed by atoms with Gasteiger partial charge >= 0.3 is 18.2 Å². The number of alkyl carbamates (subject to hydrolysis) is 1. The Morgan fingerprint density at radius 2 is 1.58 bits per heavy atom. The largest absolute Gasteiger partial charge is 0.457 e. The van der Waals surface area contributed by atoms with Crippen molar-refractivity contribution < 1.29 is 67.5 Å². The van der Waals surface area contributed by atoms with Crippen molar-refractivity contribution in [2.24, 2.45) is 17.8 Å². The lowest BCUT2D eigenvalue weighted by molar-refractivity contribution is -0.926. The fourth-order valence-electron chi connectivity index (χ4n) is 11.5. The molecule has 6 N–H and O–H groups in total. The molecule has 12 atom stereocenters. The van der Waals surface area contributed by atoms with Gasteiger partial charge in [0.1, 0.15) is 36.9 Å². The third-order valence-corrected chi connectivity index (χ3v) is 17.2. The highest BCUT2D eigenvalue weighted by atomic mass is 16.6. The monoisotopic (exact) mass is 1150 g/mol. The van der Waals surface area contributed by atoms with Crippen molar-refractivity contribution >= 4 is 35.7 Å². The Kier molecular flexibility index (Phi) is 21.6. The van der Waals surface area contributed by atoms with Crippen molar-refractivity contribution in [3.05, 3.63) is 125 Å². The summed E-state index contributed by atoms with van der Waals surface area (Å²) in [5, 5.41) is 40.8. The number of likely N-dealkylation sites (N-methyl/N-ethyl adjacent to an activating group) is 1. The summed E-state index contributed by atoms with van der Waals surface area (Å²) in [7, 11) is 3.68. The number of fused-ring (bicyclic) bond motifs is 3. The second-order valence-corrected chi connectivity index (χ2v) is 24.5. The maximum Gasteiger partial charge on any atom is 0.410 e. The summed E-state index contributed by atoms with van der Waals surface area (Å²) in [4.78, 5) is 69.0. The Morgan fingerprint density at radius 1 is 0.940 bits per heavy atom. The molecule has 0 unspecified atom stereocenters. The van der Waals surface area contributed by atoms with Crippen LogP contribution >= 0.6 is 0 Å². The Labute approximate surface area is 490 Å². The van der Waals surface area contributed by atoms with Crippen LogP contribution in [0.15, 0.2) is 109 Å². The van der Waals surface area contributed by atoms with Gasteiger partial charge in [0, 0.05) is 42.5 Å². The number of aliphatic hydroxyl groups is 3. The van der Waals surface area contributed by atoms with E-state index in [1.807, 2.05) is 115 Å². The van der Waals surface area contributed by atoms with Crippen molar-refractivity contribution in [3.8, 4) is 11.1 Å². The third-order valence-electron chi connectivity index (χ3n) is 17.2. The van der Waals surface area contributed by atoms with Gasteiger partial charge in [0.05, 0.1) is 69.7 Å². The average molecular weight is 1150 g/mol. The van der Waals surface area contributed by atoms with Crippen LogP contribution < -0.4 is 16.0 Å². The van der Waals surface area contributed by atoms with Crippen molar-refractivity contribution in [2.45, 2.75) is 167 Å². The van der Waals surface area contributed by atoms with Gasteiger partial charge in [-0.05, 0) is 98.9 Å². The lowest BCUT2D eigenvalue weighted by Gasteiger charge is -2.42. The molecule has 4 amide bonds. The summed E-state index contributed by atoms with van der Waals surface area (Å²) in [6.07, 6.45) is 5.44. The highest BCUT2D eigenvalue weighted by molar-refractivity contribution is 5.98. The summed E-state index contributed by atoms with van der Waals surface area (Å²) in [5.41, 5.74) is 4.41. The zero-order valence-electron chi connectivity index (χ0n) is 50.3. The van der Waals surface area contributed by atoms with Gasteiger partial charge in [0.2, 0.25) is 11.8 Å². The second kappa shape index (κ2) is 28.0. The van der Waals surface area contributed by atoms with Crippen LogP contribution in [0.5, 0.6) is 0 Å². The molecule has 452 valence electrons. The predicted octanol–water partition coefficient (Wildman–Crippen LogP) is 8.33. The smallest absolute Gasteiger partial charge is 0.410 e. The van der Waals surface area contributed by atoms with Crippen LogP contribution in [0.3, 0.4) is 0 Å². The van der Waals surface area contributed by atoms with Crippen LogP contribution in [0, 0.1) is 17.8 Å². The Bertz CT molecular complexity index is 2780. The summed E-state index contributed by atoms with van der Waals surface area (Å²) in [5.74, 6) is -2.36. The van der Waals surface area contributed by atoms with Crippen LogP contribution in [-0.2, 0) is 44.6 Å². The van der Waals surface area contributed by atoms with Crippen LogP contribution in [0.25, 0.3) is 11.1 Å². The van der Waals surface area contributed by atoms with E-state index in [-0.39, 0.29) is 55.8 Å². The number of nitrogens with one attached hydrogen (secondary N) is 3. The van der Waals surface area contributed by atoms with E-state index in [1.54, 1.807) is 43.1 Å². The van der Waals surface area contributed by atoms with Crippen molar-refractivity contribution in [3.63, 3.8) is 0 Å². The highest BCUT2D eigenvalue weighted by Gasteiger charge is 2.47. The number of anilines is 1. The lowest BCUT2D eigenvalue weighted by atomic mass is 9.88. The summed E-state index contributed by atoms with van der Waals surface area (Å²) in [6, 6.07) is 21.8. The van der Waals surface area contributed by atoms with E-state index in [0.717, 1.165) is 27.8 Å². The van der Waals surface area contributed by atoms with E-state index < -0.39 is 83.6 Å². The molecule has 18 nitrogen and oxygen atoms in total. The molecule has 0 aromatic heterocycles. The molecule has 0 saturated carbocycles. The average Bonchev–Trinajstić information content (AvgIpc) is 4.23. The molecular formula is C65H90N5O13+. The van der Waals surface area contributed by atoms with Gasteiger partial charge in [-0.3, -0.25) is 19.3 Å². The number of hydrogen-bond acceptors (Lipinski definition) is 13. The molecule has 2 fully saturated rings. The molecule has 7 rings (SSSR count). The Hall–Kier alpha value is -6.41. The number of esters is 1. The molecule has 3 aliphatic heterocycles. The number of methoxy groups -OCH3 is 1. The van der Waals surface area contributed by atoms with Gasteiger partial charge < -0.3 is 59.4 Å². The van der Waals surface area contributed by atoms with E-state index in [9.17, 15) is 39.3 Å². The number of allylic oxidation sites excluding steroid dienone is 2. The topological polar surface area (TPSA) is 235 Å². The zero-order chi connectivity index (χ0) is 60.4. The Morgan fingerprint density at radius 3 is 2.19 bits per heavy atom. The number of carbonyl (C=O) groups excluding carboxylic acids is 5. The highest BCUT2D eigenvalue weighted by Crippen LogP contribution is 2.45. The molecule has 0 bridgehead atoms. The lowest BCUT2D eigenvalue weighted by Crippen LogP contribution is -2.58. The molecule has 2 saturated heterocycles. The van der Waals surface area contributed by atoms with E-state index in [2.05, 4.69) is 35.1 Å². The number of amides is 4. The van der Waals surface area contributed by atoms with Gasteiger partial charge in [-0.15, -0.1) is 0 Å². The first kappa shape index (κ1) is 64.2. The van der Waals surface area contributed by atoms with Crippen LogP contribution in [0.4, 0.5) is 15.3 Å². The third kappa shape index (κ3) is 16.9. The molecule has 3 heterocycles. The summed E-state index contributed by atoms with van der Waals surface area (Å²) >= 11 is 0. The van der Waals surface area contributed by atoms with Gasteiger partial charge in [-0.25, -0.2) is 9.59 Å². The van der Waals surface area contributed by atoms with Crippen molar-refractivity contribution in [1.29, 1.82) is 0 Å². The molecule has 3 aromatic rings. The number of piperazine rings is 1. The van der Waals surface area contributed by atoms with Crippen LogP contribution in [0.2, 0.25) is 0 Å². The number of carbonyl (C=O) groups is 5. The summed E-state index contributed by atoms with van der Waals surface area (Å²) in [6.45, 7) is 19.2. The van der Waals surface area contributed by atoms with Gasteiger partial charge in [-0.1, -0.05) is 120 Å². The molecule has 0 radical (unpaired) electrons. The van der Waals surface area contributed by atoms with Gasteiger partial charge in [-0.2, -0.15) is 0 Å². The minimum absolute atomic E-state index is 0.0395. The number of rotatable bonds is 20. The van der Waals surface area contributed by atoms with Crippen LogP contribution in [0.1, 0.15) is 117 Å². The first-order chi connectivity index (χ1) is 39.3. The molecule has 18 heteroatoms. The van der Waals surface area contributed by atoms with Crippen LogP contribution in [-0.4, -0.2) is 162 Å². The fraction of sp³-hybridized carbons (Fsp3) is 0.554. The predicted molar refractivity (Wildman–Crippen MR) is 317 cm³/mol. The quantitative estimate of drug-likeness (QED) is 0.0156. The molecular weight excluding hydrogens is 1060 g/mol. The number of cyclic esters (lactones) is 1. The zero-order valence-corrected chi connectivity index (χ0v) is 50.3. The van der Waals surface area contributed by atoms with Gasteiger partial charge in [0.15, 0.2) is 6.10 Å².